The first-order valence-corrected chi connectivity index (χ1v) is 6.60. The molecule has 0 aliphatic rings. The summed E-state index contributed by atoms with van der Waals surface area (Å²) in [6, 6.07) is 0. The van der Waals surface area contributed by atoms with E-state index in [1.54, 1.807) is 17.5 Å². The van der Waals surface area contributed by atoms with Crippen LogP contribution in [0.1, 0.15) is 16.3 Å². The van der Waals surface area contributed by atoms with Crippen LogP contribution in [0.5, 0.6) is 0 Å². The van der Waals surface area contributed by atoms with Gasteiger partial charge in [-0.15, -0.1) is 15.2 Å². The van der Waals surface area contributed by atoms with Gasteiger partial charge in [0.05, 0.1) is 11.4 Å². The van der Waals surface area contributed by atoms with Crippen LogP contribution in [0.2, 0.25) is 0 Å². The van der Waals surface area contributed by atoms with Crippen molar-refractivity contribution in [2.75, 3.05) is 0 Å². The third-order valence-corrected chi connectivity index (χ3v) is 3.57. The molecule has 2 heterocycles. The summed E-state index contributed by atoms with van der Waals surface area (Å²) in [5.74, 6) is -0.615. The minimum atomic E-state index is -4.51. The highest BCUT2D eigenvalue weighted by atomic mass is 32.3. The van der Waals surface area contributed by atoms with Crippen molar-refractivity contribution in [3.63, 3.8) is 0 Å². The molecule has 15 heavy (non-hydrogen) atoms. The van der Waals surface area contributed by atoms with Crippen LogP contribution < -0.4 is 0 Å². The number of thiazole rings is 1. The molecule has 7 heteroatoms. The van der Waals surface area contributed by atoms with E-state index in [0.29, 0.717) is 16.3 Å². The standard InChI is InChI=1S/C8H9FN2O2S2/c1-5-3-11-7(4-15(9,12)13)6(2)10-8(11)14-5/h3H,4H2,1-2H3. The summed E-state index contributed by atoms with van der Waals surface area (Å²) in [6.45, 7) is 3.57. The van der Waals surface area contributed by atoms with E-state index < -0.39 is 16.0 Å². The van der Waals surface area contributed by atoms with Gasteiger partial charge in [-0.05, 0) is 13.8 Å². The molecule has 0 bridgehead atoms. The fourth-order valence-corrected chi connectivity index (χ4v) is 3.01. The van der Waals surface area contributed by atoms with Crippen molar-refractivity contribution in [3.8, 4) is 0 Å². The lowest BCUT2D eigenvalue weighted by molar-refractivity contribution is 0.550. The summed E-state index contributed by atoms with van der Waals surface area (Å²) in [5.41, 5.74) is 0.958. The molecule has 2 rings (SSSR count). The Morgan fingerprint density at radius 2 is 2.20 bits per heavy atom. The molecule has 0 atom stereocenters. The number of nitrogens with zero attached hydrogens (tertiary/aromatic N) is 2. The van der Waals surface area contributed by atoms with Gasteiger partial charge in [-0.1, -0.05) is 0 Å². The van der Waals surface area contributed by atoms with Crippen molar-refractivity contribution in [2.45, 2.75) is 19.6 Å². The van der Waals surface area contributed by atoms with Gasteiger partial charge in [0.15, 0.2) is 4.96 Å². The number of fused-ring (bicyclic) bond motifs is 1. The van der Waals surface area contributed by atoms with Gasteiger partial charge in [-0.3, -0.25) is 4.40 Å². The van der Waals surface area contributed by atoms with E-state index in [1.807, 2.05) is 6.92 Å². The highest BCUT2D eigenvalue weighted by molar-refractivity contribution is 7.85. The quantitative estimate of drug-likeness (QED) is 0.762. The number of hydrogen-bond donors (Lipinski definition) is 0. The number of aromatic nitrogens is 2. The zero-order valence-electron chi connectivity index (χ0n) is 8.19. The molecule has 0 saturated carbocycles. The highest BCUT2D eigenvalue weighted by Gasteiger charge is 2.17. The van der Waals surface area contributed by atoms with Gasteiger partial charge in [-0.25, -0.2) is 4.98 Å². The number of imidazole rings is 1. The zero-order valence-corrected chi connectivity index (χ0v) is 9.82. The second-order valence-corrected chi connectivity index (χ2v) is 5.90. The van der Waals surface area contributed by atoms with E-state index in [4.69, 9.17) is 0 Å². The molecule has 2 aromatic rings. The Bertz CT molecular complexity index is 612. The van der Waals surface area contributed by atoms with Crippen LogP contribution in [0.25, 0.3) is 4.96 Å². The average molecular weight is 248 g/mol. The number of halogens is 1. The fraction of sp³-hybridized carbons (Fsp3) is 0.375. The molecule has 0 N–H and O–H groups in total. The Morgan fingerprint density at radius 3 is 2.80 bits per heavy atom. The van der Waals surface area contributed by atoms with Crippen LogP contribution in [0.15, 0.2) is 6.20 Å². The summed E-state index contributed by atoms with van der Waals surface area (Å²) in [5, 5.41) is 0. The largest absolute Gasteiger partial charge is 0.308 e. The van der Waals surface area contributed by atoms with Crippen LogP contribution in [-0.4, -0.2) is 17.8 Å². The summed E-state index contributed by atoms with van der Waals surface area (Å²) < 4.78 is 35.4. The molecule has 0 fully saturated rings. The molecule has 82 valence electrons. The van der Waals surface area contributed by atoms with E-state index >= 15 is 0 Å². The zero-order chi connectivity index (χ0) is 11.2. The lowest BCUT2D eigenvalue weighted by atomic mass is 10.4. The van der Waals surface area contributed by atoms with E-state index in [2.05, 4.69) is 4.98 Å². The molecule has 0 spiro atoms. The van der Waals surface area contributed by atoms with E-state index in [1.165, 1.54) is 11.3 Å². The summed E-state index contributed by atoms with van der Waals surface area (Å²) >= 11 is 1.45. The maximum Gasteiger partial charge on any atom is 0.308 e. The first-order chi connectivity index (χ1) is 6.87. The Morgan fingerprint density at radius 1 is 1.53 bits per heavy atom. The monoisotopic (exact) mass is 248 g/mol. The lowest BCUT2D eigenvalue weighted by Gasteiger charge is -1.96. The van der Waals surface area contributed by atoms with Gasteiger partial charge in [0, 0.05) is 11.1 Å². The predicted molar refractivity (Wildman–Crippen MR) is 56.3 cm³/mol. The molecule has 0 amide bonds. The highest BCUT2D eigenvalue weighted by Crippen LogP contribution is 2.22. The van der Waals surface area contributed by atoms with E-state index in [9.17, 15) is 12.3 Å². The minimum absolute atomic E-state index is 0.400. The molecule has 0 aromatic carbocycles. The maximum absolute atomic E-state index is 12.6. The van der Waals surface area contributed by atoms with Crippen molar-refractivity contribution in [2.24, 2.45) is 0 Å². The third-order valence-electron chi connectivity index (χ3n) is 2.05. The predicted octanol–water partition coefficient (Wildman–Crippen LogP) is 1.81. The van der Waals surface area contributed by atoms with Crippen molar-refractivity contribution in [3.05, 3.63) is 22.5 Å². The van der Waals surface area contributed by atoms with E-state index in [0.717, 1.165) is 4.88 Å². The molecule has 0 saturated heterocycles. The van der Waals surface area contributed by atoms with Crippen LogP contribution in [0.3, 0.4) is 0 Å². The molecule has 2 aromatic heterocycles. The number of hydrogen-bond acceptors (Lipinski definition) is 4. The van der Waals surface area contributed by atoms with Gasteiger partial charge in [-0.2, -0.15) is 8.42 Å². The van der Waals surface area contributed by atoms with Crippen LogP contribution in [0.4, 0.5) is 3.89 Å². The molecule has 4 nitrogen and oxygen atoms in total. The topological polar surface area (TPSA) is 51.4 Å². The number of aryl methyl sites for hydroxylation is 2. The van der Waals surface area contributed by atoms with Gasteiger partial charge < -0.3 is 0 Å². The van der Waals surface area contributed by atoms with Crippen molar-refractivity contribution < 1.29 is 12.3 Å². The van der Waals surface area contributed by atoms with E-state index in [-0.39, 0.29) is 0 Å². The second kappa shape index (κ2) is 3.28. The van der Waals surface area contributed by atoms with Crippen molar-refractivity contribution in [1.29, 1.82) is 0 Å². The normalized spacial score (nSPS) is 12.5. The van der Waals surface area contributed by atoms with Crippen molar-refractivity contribution >= 4 is 26.5 Å². The van der Waals surface area contributed by atoms with Crippen molar-refractivity contribution in [1.82, 2.24) is 9.38 Å². The van der Waals surface area contributed by atoms with Crippen LogP contribution in [0, 0.1) is 13.8 Å². The van der Waals surface area contributed by atoms with Crippen LogP contribution >= 0.6 is 11.3 Å². The Kier molecular flexibility index (Phi) is 2.31. The third kappa shape index (κ3) is 2.03. The summed E-state index contributed by atoms with van der Waals surface area (Å²) in [4.78, 5) is 5.88. The van der Waals surface area contributed by atoms with Gasteiger partial charge in [0.25, 0.3) is 0 Å². The molecule has 0 aliphatic carbocycles. The first-order valence-electron chi connectivity index (χ1n) is 4.23. The van der Waals surface area contributed by atoms with Crippen LogP contribution in [-0.2, 0) is 16.0 Å². The molecular weight excluding hydrogens is 239 g/mol. The van der Waals surface area contributed by atoms with Gasteiger partial charge in [0.1, 0.15) is 5.75 Å². The first kappa shape index (κ1) is 10.6. The fourth-order valence-electron chi connectivity index (χ4n) is 1.45. The molecule has 0 radical (unpaired) electrons. The molecule has 0 aliphatic heterocycles. The Balaban J connectivity index is 2.62. The lowest BCUT2D eigenvalue weighted by Crippen LogP contribution is -2.01. The van der Waals surface area contributed by atoms with Gasteiger partial charge in [0.2, 0.25) is 0 Å². The Hall–Kier alpha value is -0.950. The number of rotatable bonds is 2. The Labute approximate surface area is 90.6 Å². The summed E-state index contributed by atoms with van der Waals surface area (Å²) in [7, 11) is -4.51. The average Bonchev–Trinajstić information content (AvgIpc) is 2.50. The summed E-state index contributed by atoms with van der Waals surface area (Å²) in [6.07, 6.45) is 1.76. The molecular formula is C8H9FN2O2S2. The maximum atomic E-state index is 12.6. The molecule has 0 unspecified atom stereocenters. The van der Waals surface area contributed by atoms with Gasteiger partial charge >= 0.3 is 10.2 Å². The SMILES string of the molecule is Cc1cn2c(CS(=O)(=O)F)c(C)nc2s1. The second-order valence-electron chi connectivity index (χ2n) is 3.32. The minimum Gasteiger partial charge on any atom is -0.293 e. The smallest absolute Gasteiger partial charge is 0.293 e.